The lowest BCUT2D eigenvalue weighted by Crippen LogP contribution is -1.91. The molecule has 0 aromatic carbocycles. The van der Waals surface area contributed by atoms with Gasteiger partial charge in [-0.15, -0.1) is 0 Å². The summed E-state index contributed by atoms with van der Waals surface area (Å²) in [6, 6.07) is 0. The molecule has 0 saturated carbocycles. The maximum absolute atomic E-state index is 4.00. The van der Waals surface area contributed by atoms with Crippen LogP contribution in [0.1, 0.15) is 213 Å². The quantitative estimate of drug-likeness (QED) is 0.0845. The Bertz CT molecular complexity index is 346. The summed E-state index contributed by atoms with van der Waals surface area (Å²) in [6.45, 7) is 8.65. The molecule has 0 aromatic heterocycles. The van der Waals surface area contributed by atoms with Crippen LogP contribution in [0.2, 0.25) is 0 Å². The minimum absolute atomic E-state index is 0.837. The lowest BCUT2D eigenvalue weighted by atomic mass is 9.99. The molecule has 1 unspecified atom stereocenters. The second kappa shape index (κ2) is 32.0. The Kier molecular flexibility index (Phi) is 32.0. The van der Waals surface area contributed by atoms with Crippen LogP contribution >= 0.6 is 0 Å². The lowest BCUT2D eigenvalue weighted by molar-refractivity contribution is 0.480. The van der Waals surface area contributed by atoms with Crippen LogP contribution in [0, 0.1) is 12.8 Å². The van der Waals surface area contributed by atoms with E-state index in [4.69, 9.17) is 0 Å². The first kappa shape index (κ1) is 35.0. The van der Waals surface area contributed by atoms with Crippen LogP contribution in [0.4, 0.5) is 0 Å². The fourth-order valence-corrected chi connectivity index (χ4v) is 5.48. The van der Waals surface area contributed by atoms with Crippen molar-refractivity contribution in [1.29, 1.82) is 0 Å². The van der Waals surface area contributed by atoms with Crippen LogP contribution in [0.15, 0.2) is 0 Å². The Balaban J connectivity index is 3.02. The minimum atomic E-state index is 0.837. The van der Waals surface area contributed by atoms with Gasteiger partial charge in [-0.05, 0) is 5.92 Å². The van der Waals surface area contributed by atoms with Crippen LogP contribution in [0.3, 0.4) is 0 Å². The van der Waals surface area contributed by atoms with E-state index in [-0.39, 0.29) is 0 Å². The average Bonchev–Trinajstić information content (AvgIpc) is 2.87. The van der Waals surface area contributed by atoms with Gasteiger partial charge in [-0.3, -0.25) is 0 Å². The predicted octanol–water partition coefficient (Wildman–Crippen LogP) is 13.6. The van der Waals surface area contributed by atoms with E-state index in [1.54, 1.807) is 0 Å². The zero-order chi connectivity index (χ0) is 25.5. The van der Waals surface area contributed by atoms with Gasteiger partial charge in [-0.2, -0.15) is 0 Å². The van der Waals surface area contributed by atoms with Crippen molar-refractivity contribution in [3.63, 3.8) is 0 Å². The normalized spacial score (nSPS) is 12.4. The number of rotatable bonds is 31. The van der Waals surface area contributed by atoms with Crippen molar-refractivity contribution in [2.45, 2.75) is 213 Å². The van der Waals surface area contributed by atoms with E-state index < -0.39 is 0 Å². The Hall–Kier alpha value is 0. The van der Waals surface area contributed by atoms with E-state index in [1.165, 1.54) is 193 Å². The highest BCUT2D eigenvalue weighted by atomic mass is 14.1. The molecule has 0 fully saturated rings. The summed E-state index contributed by atoms with van der Waals surface area (Å²) in [5.74, 6) is 0.837. The second-order valence-electron chi connectivity index (χ2n) is 12.1. The van der Waals surface area contributed by atoms with Crippen molar-refractivity contribution in [2.75, 3.05) is 0 Å². The van der Waals surface area contributed by atoms with Crippen molar-refractivity contribution in [3.05, 3.63) is 6.92 Å². The van der Waals surface area contributed by atoms with E-state index in [0.29, 0.717) is 0 Å². The van der Waals surface area contributed by atoms with Crippen LogP contribution in [0.5, 0.6) is 0 Å². The van der Waals surface area contributed by atoms with E-state index in [2.05, 4.69) is 20.8 Å². The molecule has 0 aliphatic rings. The molecule has 0 heteroatoms. The maximum atomic E-state index is 4.00. The van der Waals surface area contributed by atoms with E-state index in [1.807, 2.05) is 0 Å². The highest BCUT2D eigenvalue weighted by Gasteiger charge is 1.99. The van der Waals surface area contributed by atoms with E-state index in [0.717, 1.165) is 12.3 Å². The van der Waals surface area contributed by atoms with Gasteiger partial charge in [0, 0.05) is 0 Å². The standard InChI is InChI=1S/C35H71/c1-4-6-7-8-9-10-11-12-13-14-15-16-17-18-19-20-21-22-23-24-25-26-27-28-29-30-31-32-33-34-35(3)5-2/h35H,2,4-34H2,1,3H3. The largest absolute Gasteiger partial charge is 0.0654 e. The molecule has 0 spiro atoms. The lowest BCUT2D eigenvalue weighted by Gasteiger charge is -2.07. The molecule has 0 heterocycles. The first-order valence-electron chi connectivity index (χ1n) is 17.1. The molecule has 0 rings (SSSR count). The molecule has 0 aliphatic heterocycles. The highest BCUT2D eigenvalue weighted by molar-refractivity contribution is 4.56. The summed E-state index contributed by atoms with van der Waals surface area (Å²) >= 11 is 0. The molecule has 0 aliphatic carbocycles. The molecule has 1 radical (unpaired) electrons. The summed E-state index contributed by atoms with van der Waals surface area (Å²) < 4.78 is 0. The highest BCUT2D eigenvalue weighted by Crippen LogP contribution is 2.17. The van der Waals surface area contributed by atoms with Gasteiger partial charge in [0.25, 0.3) is 0 Å². The van der Waals surface area contributed by atoms with Crippen LogP contribution in [-0.4, -0.2) is 0 Å². The van der Waals surface area contributed by atoms with Crippen molar-refractivity contribution in [2.24, 2.45) is 5.92 Å². The molecule has 0 aromatic rings. The molecule has 0 nitrogen and oxygen atoms in total. The summed E-state index contributed by atoms with van der Waals surface area (Å²) in [5, 5.41) is 0. The van der Waals surface area contributed by atoms with Crippen molar-refractivity contribution in [1.82, 2.24) is 0 Å². The smallest absolute Gasteiger partial charge is 0.0443 e. The molecule has 0 amide bonds. The van der Waals surface area contributed by atoms with Crippen LogP contribution in [0.25, 0.3) is 0 Å². The van der Waals surface area contributed by atoms with Gasteiger partial charge in [0.05, 0.1) is 0 Å². The first-order chi connectivity index (χ1) is 17.3. The molecule has 35 heavy (non-hydrogen) atoms. The number of hydrogen-bond donors (Lipinski definition) is 0. The Morgan fingerprint density at radius 2 is 0.543 bits per heavy atom. The molecular formula is C35H71. The molecular weight excluding hydrogens is 420 g/mol. The average molecular weight is 492 g/mol. The second-order valence-corrected chi connectivity index (χ2v) is 12.1. The van der Waals surface area contributed by atoms with Crippen LogP contribution in [-0.2, 0) is 0 Å². The SMILES string of the molecule is [CH2]CC(C)CCCCCCCCCCCCCCCCCCCCCCCCCCCCCCC. The summed E-state index contributed by atoms with van der Waals surface area (Å²) in [5.41, 5.74) is 0. The summed E-state index contributed by atoms with van der Waals surface area (Å²) in [7, 11) is 0. The Morgan fingerprint density at radius 1 is 0.343 bits per heavy atom. The zero-order valence-electron chi connectivity index (χ0n) is 25.2. The van der Waals surface area contributed by atoms with Gasteiger partial charge in [-0.25, -0.2) is 0 Å². The molecule has 1 atom stereocenters. The maximum Gasteiger partial charge on any atom is -0.0443 e. The monoisotopic (exact) mass is 492 g/mol. The Labute approximate surface area is 225 Å². The fraction of sp³-hybridized carbons (Fsp3) is 0.971. The van der Waals surface area contributed by atoms with Gasteiger partial charge in [0.15, 0.2) is 0 Å². The van der Waals surface area contributed by atoms with Gasteiger partial charge >= 0.3 is 0 Å². The molecule has 211 valence electrons. The molecule has 0 saturated heterocycles. The fourth-order valence-electron chi connectivity index (χ4n) is 5.48. The molecule has 0 bridgehead atoms. The van der Waals surface area contributed by atoms with Crippen molar-refractivity contribution < 1.29 is 0 Å². The third kappa shape index (κ3) is 32.0. The number of unbranched alkanes of at least 4 members (excludes halogenated alkanes) is 28. The van der Waals surface area contributed by atoms with E-state index >= 15 is 0 Å². The van der Waals surface area contributed by atoms with Crippen molar-refractivity contribution >= 4 is 0 Å². The van der Waals surface area contributed by atoms with E-state index in [9.17, 15) is 0 Å². The van der Waals surface area contributed by atoms with Gasteiger partial charge in [-0.1, -0.05) is 220 Å². The minimum Gasteiger partial charge on any atom is -0.0654 e. The number of hydrogen-bond acceptors (Lipinski definition) is 0. The van der Waals surface area contributed by atoms with Crippen LogP contribution < -0.4 is 0 Å². The predicted molar refractivity (Wildman–Crippen MR) is 163 cm³/mol. The third-order valence-electron chi connectivity index (χ3n) is 8.29. The molecule has 0 N–H and O–H groups in total. The van der Waals surface area contributed by atoms with Crippen molar-refractivity contribution in [3.8, 4) is 0 Å². The topological polar surface area (TPSA) is 0 Å². The van der Waals surface area contributed by atoms with Gasteiger partial charge in [0.1, 0.15) is 0 Å². The third-order valence-corrected chi connectivity index (χ3v) is 8.29. The summed E-state index contributed by atoms with van der Waals surface area (Å²) in [6.07, 6.45) is 45.3. The summed E-state index contributed by atoms with van der Waals surface area (Å²) in [4.78, 5) is 0. The van der Waals surface area contributed by atoms with Gasteiger partial charge in [0.2, 0.25) is 0 Å². The van der Waals surface area contributed by atoms with Gasteiger partial charge < -0.3 is 0 Å². The Morgan fingerprint density at radius 3 is 0.743 bits per heavy atom. The zero-order valence-corrected chi connectivity index (χ0v) is 25.2. The first-order valence-corrected chi connectivity index (χ1v) is 17.1.